The smallest absolute Gasteiger partial charge is 0.409 e. The van der Waals surface area contributed by atoms with Gasteiger partial charge in [-0.2, -0.15) is 26.3 Å². The molecule has 0 fully saturated rings. The van der Waals surface area contributed by atoms with Gasteiger partial charge in [-0.25, -0.2) is 9.18 Å². The van der Waals surface area contributed by atoms with Crippen molar-refractivity contribution >= 4 is 23.6 Å². The molecule has 36 heavy (non-hydrogen) atoms. The van der Waals surface area contributed by atoms with Crippen LogP contribution in [-0.4, -0.2) is 51.4 Å². The topological polar surface area (TPSA) is 71.2 Å². The molecule has 0 aliphatic rings. The molecule has 2 aromatic carbocycles. The van der Waals surface area contributed by atoms with Gasteiger partial charge in [0.1, 0.15) is 5.82 Å². The normalized spacial score (nSPS) is 12.9. The summed E-state index contributed by atoms with van der Waals surface area (Å²) in [6.45, 7) is 0.604. The quantitative estimate of drug-likeness (QED) is 0.391. The number of likely N-dealkylation sites (N-methyl/N-ethyl adjacent to an activating group) is 1. The largest absolute Gasteiger partial charge is 0.420 e. The lowest BCUT2D eigenvalue weighted by atomic mass is 9.98. The Morgan fingerprint density at radius 3 is 2.14 bits per heavy atom. The van der Waals surface area contributed by atoms with Gasteiger partial charge in [0.25, 0.3) is 0 Å². The zero-order chi connectivity index (χ0) is 27.3. The Morgan fingerprint density at radius 2 is 1.64 bits per heavy atom. The summed E-state index contributed by atoms with van der Waals surface area (Å²) in [5.74, 6) is -1.82. The van der Waals surface area contributed by atoms with E-state index in [0.29, 0.717) is 12.6 Å². The highest BCUT2D eigenvalue weighted by Gasteiger charge is 2.41. The summed E-state index contributed by atoms with van der Waals surface area (Å²) in [4.78, 5) is 19.2. The monoisotopic (exact) mass is 520 g/mol. The predicted molar refractivity (Wildman–Crippen MR) is 121 cm³/mol. The molecule has 1 amide bonds. The maximum absolute atomic E-state index is 13.9. The summed E-state index contributed by atoms with van der Waals surface area (Å²) in [6, 6.07) is 4.58. The van der Waals surface area contributed by atoms with Crippen molar-refractivity contribution in [2.45, 2.75) is 12.4 Å². The minimum absolute atomic E-state index is 0.0586. The van der Waals surface area contributed by atoms with Gasteiger partial charge in [0.2, 0.25) is 0 Å². The van der Waals surface area contributed by atoms with Crippen molar-refractivity contribution in [3.8, 4) is 5.75 Å². The summed E-state index contributed by atoms with van der Waals surface area (Å²) in [5.41, 5.74) is 1.03. The first-order valence-corrected chi connectivity index (χ1v) is 10.3. The van der Waals surface area contributed by atoms with E-state index in [1.165, 1.54) is 0 Å². The molecule has 2 aromatic rings. The Labute approximate surface area is 202 Å². The maximum Gasteiger partial charge on any atom is 0.420 e. The number of alkyl halides is 6. The van der Waals surface area contributed by atoms with E-state index in [0.717, 1.165) is 48.6 Å². The van der Waals surface area contributed by atoms with Crippen molar-refractivity contribution in [3.63, 3.8) is 0 Å². The fourth-order valence-corrected chi connectivity index (χ4v) is 2.88. The summed E-state index contributed by atoms with van der Waals surface area (Å²) >= 11 is 0. The minimum Gasteiger partial charge on any atom is -0.409 e. The molecule has 0 saturated heterocycles. The zero-order valence-corrected chi connectivity index (χ0v) is 19.4. The third-order valence-electron chi connectivity index (χ3n) is 4.80. The van der Waals surface area contributed by atoms with Gasteiger partial charge < -0.3 is 15.4 Å². The Hall–Kier alpha value is -3.61. The van der Waals surface area contributed by atoms with Crippen LogP contribution in [0.1, 0.15) is 16.7 Å². The number of allylic oxidation sites excluding steroid dienone is 1. The number of halogens is 7. The highest BCUT2D eigenvalue weighted by Crippen LogP contribution is 2.44. The highest BCUT2D eigenvalue weighted by atomic mass is 19.4. The van der Waals surface area contributed by atoms with Gasteiger partial charge in [0.05, 0.1) is 17.7 Å². The Balaban J connectivity index is 2.65. The average molecular weight is 520 g/mol. The number of carbonyl (C=O) groups is 1. The van der Waals surface area contributed by atoms with Crippen LogP contribution in [0.15, 0.2) is 47.6 Å². The molecule has 0 spiro atoms. The minimum atomic E-state index is -5.33. The number of nitrogens with zero attached hydrogens (tertiary/aromatic N) is 3. The number of amides is 1. The first-order valence-electron chi connectivity index (χ1n) is 10.3. The number of ether oxygens (including phenoxy) is 1. The first kappa shape index (κ1) is 28.6. The fraction of sp³-hybridized carbons (Fsp3) is 0.304. The molecule has 0 bridgehead atoms. The predicted octanol–water partition coefficient (Wildman–Crippen LogP) is 5.43. The van der Waals surface area contributed by atoms with Crippen molar-refractivity contribution in [1.82, 2.24) is 4.90 Å². The van der Waals surface area contributed by atoms with Gasteiger partial charge in [-0.3, -0.25) is 9.89 Å². The summed E-state index contributed by atoms with van der Waals surface area (Å²) in [7, 11) is 4.62. The van der Waals surface area contributed by atoms with E-state index in [1.54, 1.807) is 19.0 Å². The number of benzene rings is 2. The van der Waals surface area contributed by atoms with E-state index in [9.17, 15) is 35.5 Å². The number of anilines is 1. The van der Waals surface area contributed by atoms with Gasteiger partial charge in [-0.1, -0.05) is 0 Å². The summed E-state index contributed by atoms with van der Waals surface area (Å²) in [6.07, 6.45) is -10.1. The fourth-order valence-electron chi connectivity index (χ4n) is 2.88. The lowest BCUT2D eigenvalue weighted by Crippen LogP contribution is -2.30. The van der Waals surface area contributed by atoms with Gasteiger partial charge in [-0.15, -0.1) is 0 Å². The molecule has 6 nitrogen and oxygen atoms in total. The van der Waals surface area contributed by atoms with E-state index in [4.69, 9.17) is 10.5 Å². The van der Waals surface area contributed by atoms with Crippen LogP contribution in [0.2, 0.25) is 0 Å². The highest BCUT2D eigenvalue weighted by molar-refractivity contribution is 6.11. The van der Waals surface area contributed by atoms with Crippen LogP contribution in [0.4, 0.5) is 41.2 Å². The number of carbonyl (C=O) groups excluding carboxylic acids is 1. The second-order valence-electron chi connectivity index (χ2n) is 7.76. The van der Waals surface area contributed by atoms with Gasteiger partial charge >= 0.3 is 18.4 Å². The van der Waals surface area contributed by atoms with Crippen LogP contribution in [0.5, 0.6) is 5.75 Å². The lowest BCUT2D eigenvalue weighted by molar-refractivity contribution is -0.143. The summed E-state index contributed by atoms with van der Waals surface area (Å²) < 4.78 is 100. The molecular formula is C23H23F7N4O2. The second-order valence-corrected chi connectivity index (χ2v) is 7.76. The molecule has 0 saturated carbocycles. The molecule has 0 heterocycles. The van der Waals surface area contributed by atoms with Crippen LogP contribution in [-0.2, 0) is 12.4 Å². The molecule has 0 aliphatic heterocycles. The van der Waals surface area contributed by atoms with E-state index in [2.05, 4.69) is 4.99 Å². The molecule has 0 aliphatic carbocycles. The average Bonchev–Trinajstić information content (AvgIpc) is 2.77. The number of rotatable bonds is 7. The van der Waals surface area contributed by atoms with Crippen molar-refractivity contribution in [1.29, 1.82) is 0 Å². The second kappa shape index (κ2) is 11.4. The Morgan fingerprint density at radius 1 is 1.03 bits per heavy atom. The molecule has 0 radical (unpaired) electrons. The van der Waals surface area contributed by atoms with Crippen LogP contribution >= 0.6 is 0 Å². The number of hydrogen-bond donors (Lipinski definition) is 1. The van der Waals surface area contributed by atoms with Crippen molar-refractivity contribution in [2.75, 3.05) is 39.1 Å². The maximum atomic E-state index is 13.9. The van der Waals surface area contributed by atoms with E-state index >= 15 is 0 Å². The molecule has 0 atom stereocenters. The van der Waals surface area contributed by atoms with E-state index in [-0.39, 0.29) is 23.9 Å². The van der Waals surface area contributed by atoms with Gasteiger partial charge in [0, 0.05) is 42.8 Å². The number of aliphatic imine (C=N–C) groups is 1. The van der Waals surface area contributed by atoms with Gasteiger partial charge in [0.15, 0.2) is 5.75 Å². The SMILES string of the molecule is CN(C)CCN=C/C(=C\N)c1cc(C(F)(F)F)cc(C(F)(F)F)c1OC(=O)N(C)c1ccc(F)cc1. The Bertz CT molecular complexity index is 1130. The van der Waals surface area contributed by atoms with Crippen LogP contribution < -0.4 is 15.4 Å². The number of nitrogens with two attached hydrogens (primary N) is 1. The molecule has 2 rings (SSSR count). The van der Waals surface area contributed by atoms with Crippen LogP contribution in [0, 0.1) is 5.82 Å². The van der Waals surface area contributed by atoms with Crippen molar-refractivity contribution in [2.24, 2.45) is 10.7 Å². The number of hydrogen-bond acceptors (Lipinski definition) is 5. The molecule has 13 heteroatoms. The third kappa shape index (κ3) is 7.44. The summed E-state index contributed by atoms with van der Waals surface area (Å²) in [5, 5.41) is 0. The molecule has 196 valence electrons. The van der Waals surface area contributed by atoms with Crippen LogP contribution in [0.3, 0.4) is 0 Å². The standard InChI is InChI=1S/C23H23F7N4O2/c1-33(2)9-8-32-13-14(12-31)18-10-15(22(25,26)27)11-19(23(28,29)30)20(18)36-21(35)34(3)17-6-4-16(24)5-7-17/h4-7,10-13H,8-9,31H2,1-3H3/b14-12+,32-13?. The van der Waals surface area contributed by atoms with Crippen molar-refractivity contribution in [3.05, 3.63) is 65.1 Å². The van der Waals surface area contributed by atoms with Crippen molar-refractivity contribution < 1.29 is 40.3 Å². The van der Waals surface area contributed by atoms with E-state index in [1.807, 2.05) is 0 Å². The Kier molecular flexibility index (Phi) is 9.08. The molecule has 0 unspecified atom stereocenters. The molecular weight excluding hydrogens is 497 g/mol. The van der Waals surface area contributed by atoms with E-state index < -0.39 is 46.7 Å². The molecule has 2 N–H and O–H groups in total. The lowest BCUT2D eigenvalue weighted by Gasteiger charge is -2.22. The zero-order valence-electron chi connectivity index (χ0n) is 19.4. The van der Waals surface area contributed by atoms with Gasteiger partial charge in [-0.05, 0) is 50.5 Å². The first-order chi connectivity index (χ1) is 16.6. The third-order valence-corrected chi connectivity index (χ3v) is 4.80. The van der Waals surface area contributed by atoms with Crippen LogP contribution in [0.25, 0.3) is 5.57 Å². The molecule has 0 aromatic heterocycles.